The molecule has 1 saturated carbocycles. The van der Waals surface area contributed by atoms with E-state index >= 15 is 0 Å². The van der Waals surface area contributed by atoms with Gasteiger partial charge in [0.1, 0.15) is 0 Å². The van der Waals surface area contributed by atoms with E-state index in [9.17, 15) is 0 Å². The van der Waals surface area contributed by atoms with Gasteiger partial charge in [-0.05, 0) is 30.9 Å². The Labute approximate surface area is 108 Å². The van der Waals surface area contributed by atoms with Crippen LogP contribution in [-0.2, 0) is 11.3 Å². The van der Waals surface area contributed by atoms with Gasteiger partial charge in [-0.3, -0.25) is 0 Å². The van der Waals surface area contributed by atoms with Gasteiger partial charge in [0.15, 0.2) is 0 Å². The number of nitrogens with two attached hydrogens (primary N) is 1. The molecule has 3 heteroatoms. The number of hydrogen-bond acceptors (Lipinski definition) is 2. The number of nitrogen functional groups attached to an aromatic ring is 1. The standard InChI is InChI=1S/C14H20ClNO/c1-10-4-2-3-5-14(10)17-9-11-6-7-12(15)8-13(11)16/h6-8,10,14H,2-5,9,16H2,1H3. The number of rotatable bonds is 3. The lowest BCUT2D eigenvalue weighted by atomic mass is 9.88. The van der Waals surface area contributed by atoms with E-state index in [1.165, 1.54) is 25.7 Å². The lowest BCUT2D eigenvalue weighted by Crippen LogP contribution is -2.25. The van der Waals surface area contributed by atoms with E-state index in [0.717, 1.165) is 11.3 Å². The Morgan fingerprint density at radius 3 is 2.82 bits per heavy atom. The number of halogens is 1. The van der Waals surface area contributed by atoms with Crippen molar-refractivity contribution in [2.24, 2.45) is 5.92 Å². The third kappa shape index (κ3) is 3.36. The summed E-state index contributed by atoms with van der Waals surface area (Å²) in [6.45, 7) is 2.87. The molecule has 0 aliphatic heterocycles. The molecule has 1 fully saturated rings. The van der Waals surface area contributed by atoms with Crippen LogP contribution in [0.1, 0.15) is 38.2 Å². The Morgan fingerprint density at radius 2 is 2.12 bits per heavy atom. The Kier molecular flexibility index (Phi) is 4.30. The molecule has 2 N–H and O–H groups in total. The van der Waals surface area contributed by atoms with Crippen LogP contribution in [0.25, 0.3) is 0 Å². The largest absolute Gasteiger partial charge is 0.398 e. The zero-order valence-corrected chi connectivity index (χ0v) is 11.0. The molecule has 0 amide bonds. The van der Waals surface area contributed by atoms with Crippen LogP contribution in [-0.4, -0.2) is 6.10 Å². The molecular weight excluding hydrogens is 234 g/mol. The first-order valence-electron chi connectivity index (χ1n) is 6.32. The Balaban J connectivity index is 1.92. The molecule has 1 aromatic carbocycles. The Hall–Kier alpha value is -0.730. The molecule has 0 saturated heterocycles. The van der Waals surface area contributed by atoms with E-state index in [2.05, 4.69) is 6.92 Å². The Morgan fingerprint density at radius 1 is 1.35 bits per heavy atom. The van der Waals surface area contributed by atoms with Crippen LogP contribution >= 0.6 is 11.6 Å². The maximum Gasteiger partial charge on any atom is 0.0740 e. The molecule has 2 unspecified atom stereocenters. The smallest absolute Gasteiger partial charge is 0.0740 e. The molecule has 0 spiro atoms. The molecular formula is C14H20ClNO. The minimum atomic E-state index is 0.388. The molecule has 0 heterocycles. The van der Waals surface area contributed by atoms with Gasteiger partial charge >= 0.3 is 0 Å². The summed E-state index contributed by atoms with van der Waals surface area (Å²) in [5, 5.41) is 0.678. The van der Waals surface area contributed by atoms with Crippen molar-refractivity contribution in [1.29, 1.82) is 0 Å². The molecule has 1 aliphatic rings. The molecule has 2 atom stereocenters. The molecule has 0 bridgehead atoms. The lowest BCUT2D eigenvalue weighted by Gasteiger charge is -2.28. The fourth-order valence-corrected chi connectivity index (χ4v) is 2.60. The predicted molar refractivity (Wildman–Crippen MR) is 72.1 cm³/mol. The monoisotopic (exact) mass is 253 g/mol. The van der Waals surface area contributed by atoms with Gasteiger partial charge in [-0.15, -0.1) is 0 Å². The number of anilines is 1. The van der Waals surface area contributed by atoms with Gasteiger partial charge in [0, 0.05) is 16.3 Å². The maximum atomic E-state index is 5.98. The minimum Gasteiger partial charge on any atom is -0.398 e. The number of ether oxygens (including phenoxy) is 1. The lowest BCUT2D eigenvalue weighted by molar-refractivity contribution is -0.0152. The third-order valence-electron chi connectivity index (χ3n) is 3.59. The van der Waals surface area contributed by atoms with Crippen molar-refractivity contribution in [3.05, 3.63) is 28.8 Å². The molecule has 17 heavy (non-hydrogen) atoms. The van der Waals surface area contributed by atoms with Gasteiger partial charge < -0.3 is 10.5 Å². The van der Waals surface area contributed by atoms with E-state index in [1.807, 2.05) is 12.1 Å². The number of benzene rings is 1. The van der Waals surface area contributed by atoms with E-state index in [4.69, 9.17) is 22.1 Å². The summed E-state index contributed by atoms with van der Waals surface area (Å²) in [4.78, 5) is 0. The van der Waals surface area contributed by atoms with Crippen molar-refractivity contribution < 1.29 is 4.74 Å². The zero-order chi connectivity index (χ0) is 12.3. The summed E-state index contributed by atoms with van der Waals surface area (Å²) in [6.07, 6.45) is 5.46. The first-order valence-corrected chi connectivity index (χ1v) is 6.70. The normalized spacial score (nSPS) is 24.8. The van der Waals surface area contributed by atoms with Crippen LogP contribution in [0.3, 0.4) is 0 Å². The van der Waals surface area contributed by atoms with E-state index in [1.54, 1.807) is 6.07 Å². The van der Waals surface area contributed by atoms with Crippen molar-refractivity contribution in [3.63, 3.8) is 0 Å². The molecule has 0 aromatic heterocycles. The molecule has 2 rings (SSSR count). The van der Waals surface area contributed by atoms with Crippen molar-refractivity contribution in [2.45, 2.75) is 45.3 Å². The summed E-state index contributed by atoms with van der Waals surface area (Å²) in [5.74, 6) is 0.664. The van der Waals surface area contributed by atoms with Crippen molar-refractivity contribution >= 4 is 17.3 Å². The molecule has 1 aromatic rings. The summed E-state index contributed by atoms with van der Waals surface area (Å²) in [7, 11) is 0. The number of hydrogen-bond donors (Lipinski definition) is 1. The van der Waals surface area contributed by atoms with Crippen molar-refractivity contribution in [3.8, 4) is 0 Å². The SMILES string of the molecule is CC1CCCCC1OCc1ccc(Cl)cc1N. The van der Waals surface area contributed by atoms with E-state index in [-0.39, 0.29) is 0 Å². The summed E-state index contributed by atoms with van der Waals surface area (Å²) in [6, 6.07) is 5.59. The first-order chi connectivity index (χ1) is 8.16. The van der Waals surface area contributed by atoms with Crippen LogP contribution in [0, 0.1) is 5.92 Å². The van der Waals surface area contributed by atoms with Crippen LogP contribution in [0.4, 0.5) is 5.69 Å². The minimum absolute atomic E-state index is 0.388. The van der Waals surface area contributed by atoms with Gasteiger partial charge in [-0.25, -0.2) is 0 Å². The van der Waals surface area contributed by atoms with E-state index in [0.29, 0.717) is 23.7 Å². The average molecular weight is 254 g/mol. The molecule has 0 radical (unpaired) electrons. The van der Waals surface area contributed by atoms with Crippen LogP contribution < -0.4 is 5.73 Å². The summed E-state index contributed by atoms with van der Waals surface area (Å²) < 4.78 is 5.98. The predicted octanol–water partition coefficient (Wildman–Crippen LogP) is 4.02. The second-order valence-corrected chi connectivity index (χ2v) is 5.39. The van der Waals surface area contributed by atoms with Gasteiger partial charge in [-0.2, -0.15) is 0 Å². The van der Waals surface area contributed by atoms with Crippen LogP contribution in [0.2, 0.25) is 5.02 Å². The van der Waals surface area contributed by atoms with Gasteiger partial charge in [-0.1, -0.05) is 37.4 Å². The summed E-state index contributed by atoms with van der Waals surface area (Å²) in [5.41, 5.74) is 7.66. The highest BCUT2D eigenvalue weighted by atomic mass is 35.5. The highest BCUT2D eigenvalue weighted by Crippen LogP contribution is 2.28. The van der Waals surface area contributed by atoms with Gasteiger partial charge in [0.05, 0.1) is 12.7 Å². The highest BCUT2D eigenvalue weighted by Gasteiger charge is 2.21. The second kappa shape index (κ2) is 5.74. The van der Waals surface area contributed by atoms with E-state index < -0.39 is 0 Å². The second-order valence-electron chi connectivity index (χ2n) is 4.95. The third-order valence-corrected chi connectivity index (χ3v) is 3.83. The fourth-order valence-electron chi connectivity index (χ4n) is 2.42. The fraction of sp³-hybridized carbons (Fsp3) is 0.571. The average Bonchev–Trinajstić information content (AvgIpc) is 2.30. The van der Waals surface area contributed by atoms with Gasteiger partial charge in [0.2, 0.25) is 0 Å². The Bertz CT molecular complexity index is 380. The van der Waals surface area contributed by atoms with Crippen molar-refractivity contribution in [1.82, 2.24) is 0 Å². The van der Waals surface area contributed by atoms with Crippen LogP contribution in [0.5, 0.6) is 0 Å². The maximum absolute atomic E-state index is 5.98. The molecule has 1 aliphatic carbocycles. The molecule has 2 nitrogen and oxygen atoms in total. The first kappa shape index (κ1) is 12.7. The quantitative estimate of drug-likeness (QED) is 0.826. The van der Waals surface area contributed by atoms with Crippen LogP contribution in [0.15, 0.2) is 18.2 Å². The van der Waals surface area contributed by atoms with Gasteiger partial charge in [0.25, 0.3) is 0 Å². The zero-order valence-electron chi connectivity index (χ0n) is 10.3. The molecule has 94 valence electrons. The topological polar surface area (TPSA) is 35.2 Å². The highest BCUT2D eigenvalue weighted by molar-refractivity contribution is 6.30. The summed E-state index contributed by atoms with van der Waals surface area (Å²) >= 11 is 5.87. The van der Waals surface area contributed by atoms with Crippen molar-refractivity contribution in [2.75, 3.05) is 5.73 Å².